The molecule has 0 aliphatic heterocycles. The maximum Gasteiger partial charge on any atom is 0.372 e. The second-order valence-corrected chi connectivity index (χ2v) is 6.58. The quantitative estimate of drug-likeness (QED) is 0.659. The van der Waals surface area contributed by atoms with Crippen LogP contribution in [0.3, 0.4) is 0 Å². The number of rotatable bonds is 5. The topological polar surface area (TPSA) is 90.2 Å². The zero-order valence-electron chi connectivity index (χ0n) is 12.9. The van der Waals surface area contributed by atoms with E-state index in [1.54, 1.807) is 0 Å². The van der Waals surface area contributed by atoms with Gasteiger partial charge in [-0.1, -0.05) is 20.8 Å². The number of nitrogens with one attached hydrogen (secondary N) is 1. The van der Waals surface area contributed by atoms with Gasteiger partial charge in [0, 0.05) is 5.54 Å². The molecule has 0 fully saturated rings. The number of methoxy groups -OCH3 is 1. The van der Waals surface area contributed by atoms with Crippen molar-refractivity contribution in [1.29, 1.82) is 0 Å². The molecule has 0 bridgehead atoms. The fraction of sp³-hybridized carbons (Fsp3) is 0.692. The molecule has 0 saturated heterocycles. The molecule has 0 amide bonds. The number of anilines is 1. The molecule has 0 radical (unpaired) electrons. The summed E-state index contributed by atoms with van der Waals surface area (Å²) >= 11 is 0. The van der Waals surface area contributed by atoms with Gasteiger partial charge in [0.2, 0.25) is 5.82 Å². The molecular formula is C13H22N4O3. The molecule has 1 heterocycles. The summed E-state index contributed by atoms with van der Waals surface area (Å²) in [5.41, 5.74) is -0.498. The van der Waals surface area contributed by atoms with Crippen LogP contribution in [-0.2, 0) is 0 Å². The van der Waals surface area contributed by atoms with Crippen LogP contribution in [0.4, 0.5) is 11.5 Å². The monoisotopic (exact) mass is 282 g/mol. The van der Waals surface area contributed by atoms with Crippen molar-refractivity contribution in [2.24, 2.45) is 5.41 Å². The van der Waals surface area contributed by atoms with Gasteiger partial charge in [0.1, 0.15) is 6.33 Å². The Morgan fingerprint density at radius 2 is 1.90 bits per heavy atom. The van der Waals surface area contributed by atoms with Gasteiger partial charge >= 0.3 is 5.69 Å². The molecule has 1 rings (SSSR count). The Morgan fingerprint density at radius 1 is 1.30 bits per heavy atom. The second-order valence-electron chi connectivity index (χ2n) is 6.58. The summed E-state index contributed by atoms with van der Waals surface area (Å²) in [6.07, 6.45) is 2.07. The van der Waals surface area contributed by atoms with Crippen molar-refractivity contribution < 1.29 is 9.66 Å². The summed E-state index contributed by atoms with van der Waals surface area (Å²) in [5.74, 6) is 0.134. The molecule has 0 saturated carbocycles. The van der Waals surface area contributed by atoms with E-state index in [0.717, 1.165) is 6.42 Å². The summed E-state index contributed by atoms with van der Waals surface area (Å²) in [4.78, 5) is 18.4. The van der Waals surface area contributed by atoms with Crippen molar-refractivity contribution in [3.8, 4) is 5.88 Å². The fourth-order valence-corrected chi connectivity index (χ4v) is 2.46. The van der Waals surface area contributed by atoms with E-state index < -0.39 is 4.92 Å². The van der Waals surface area contributed by atoms with Crippen LogP contribution in [0.5, 0.6) is 5.88 Å². The smallest absolute Gasteiger partial charge is 0.372 e. The van der Waals surface area contributed by atoms with E-state index >= 15 is 0 Å². The summed E-state index contributed by atoms with van der Waals surface area (Å²) in [6, 6.07) is 0. The first-order valence-corrected chi connectivity index (χ1v) is 6.37. The minimum absolute atomic E-state index is 0.0425. The van der Waals surface area contributed by atoms with Crippen molar-refractivity contribution in [3.05, 3.63) is 16.4 Å². The third kappa shape index (κ3) is 4.32. The number of ether oxygens (including phenoxy) is 1. The first-order chi connectivity index (χ1) is 9.06. The Kier molecular flexibility index (Phi) is 4.52. The summed E-state index contributed by atoms with van der Waals surface area (Å²) in [5, 5.41) is 14.3. The van der Waals surface area contributed by atoms with Crippen molar-refractivity contribution >= 4 is 11.5 Å². The van der Waals surface area contributed by atoms with Gasteiger partial charge in [0.05, 0.1) is 12.0 Å². The maximum atomic E-state index is 11.2. The van der Waals surface area contributed by atoms with Gasteiger partial charge in [-0.2, -0.15) is 4.98 Å². The molecule has 7 nitrogen and oxygen atoms in total. The minimum atomic E-state index is -0.533. The number of nitrogens with zero attached hydrogens (tertiary/aromatic N) is 3. The van der Waals surface area contributed by atoms with Crippen LogP contribution >= 0.6 is 0 Å². The van der Waals surface area contributed by atoms with Crippen LogP contribution in [0.1, 0.15) is 41.0 Å². The van der Waals surface area contributed by atoms with Crippen LogP contribution in [0.15, 0.2) is 6.33 Å². The molecule has 0 aliphatic rings. The summed E-state index contributed by atoms with van der Waals surface area (Å²) in [7, 11) is 1.35. The standard InChI is InChI=1S/C13H22N4O3/c1-12(2,3)7-13(4,5)16-10-9(17(18)19)11(20-6)15-8-14-10/h8H,7H2,1-6H3,(H,14,15,16). The van der Waals surface area contributed by atoms with E-state index in [1.807, 2.05) is 13.8 Å². The lowest BCUT2D eigenvalue weighted by atomic mass is 9.82. The molecule has 1 aromatic heterocycles. The van der Waals surface area contributed by atoms with Gasteiger partial charge in [0.25, 0.3) is 5.88 Å². The number of hydrogen-bond donors (Lipinski definition) is 1. The lowest BCUT2D eigenvalue weighted by Crippen LogP contribution is -2.36. The first kappa shape index (κ1) is 16.1. The second kappa shape index (κ2) is 5.60. The van der Waals surface area contributed by atoms with E-state index in [2.05, 4.69) is 36.1 Å². The van der Waals surface area contributed by atoms with E-state index in [1.165, 1.54) is 13.4 Å². The molecule has 0 atom stereocenters. The fourth-order valence-electron chi connectivity index (χ4n) is 2.46. The molecule has 1 N–H and O–H groups in total. The van der Waals surface area contributed by atoms with E-state index in [-0.39, 0.29) is 28.3 Å². The summed E-state index contributed by atoms with van der Waals surface area (Å²) < 4.78 is 4.93. The number of nitro groups is 1. The highest BCUT2D eigenvalue weighted by atomic mass is 16.6. The predicted molar refractivity (Wildman–Crippen MR) is 77.0 cm³/mol. The maximum absolute atomic E-state index is 11.2. The van der Waals surface area contributed by atoms with Gasteiger partial charge in [-0.15, -0.1) is 0 Å². The molecule has 0 unspecified atom stereocenters. The highest BCUT2D eigenvalue weighted by molar-refractivity contribution is 5.62. The first-order valence-electron chi connectivity index (χ1n) is 6.37. The van der Waals surface area contributed by atoms with Gasteiger partial charge in [-0.3, -0.25) is 10.1 Å². The highest BCUT2D eigenvalue weighted by Gasteiger charge is 2.31. The zero-order valence-corrected chi connectivity index (χ0v) is 12.9. The molecule has 1 aromatic rings. The molecule has 112 valence electrons. The van der Waals surface area contributed by atoms with Gasteiger partial charge in [-0.05, 0) is 25.7 Å². The van der Waals surface area contributed by atoms with Gasteiger partial charge < -0.3 is 10.1 Å². The Labute approximate surface area is 118 Å². The lowest BCUT2D eigenvalue weighted by Gasteiger charge is -2.33. The average Bonchev–Trinajstić information content (AvgIpc) is 2.23. The van der Waals surface area contributed by atoms with Crippen LogP contribution in [0.2, 0.25) is 0 Å². The van der Waals surface area contributed by atoms with Crippen LogP contribution in [-0.4, -0.2) is 27.5 Å². The third-order valence-electron chi connectivity index (χ3n) is 2.59. The SMILES string of the molecule is COc1ncnc(NC(C)(C)CC(C)(C)C)c1[N+](=O)[O-]. The minimum Gasteiger partial charge on any atom is -0.476 e. The van der Waals surface area contributed by atoms with Gasteiger partial charge in [0.15, 0.2) is 0 Å². The highest BCUT2D eigenvalue weighted by Crippen LogP contribution is 2.35. The average molecular weight is 282 g/mol. The Balaban J connectivity index is 3.12. The summed E-state index contributed by atoms with van der Waals surface area (Å²) in [6.45, 7) is 10.3. The van der Waals surface area contributed by atoms with Crippen molar-refractivity contribution in [2.75, 3.05) is 12.4 Å². The number of aromatic nitrogens is 2. The molecule has 7 heteroatoms. The van der Waals surface area contributed by atoms with Crippen molar-refractivity contribution in [1.82, 2.24) is 9.97 Å². The van der Waals surface area contributed by atoms with E-state index in [9.17, 15) is 10.1 Å². The largest absolute Gasteiger partial charge is 0.476 e. The van der Waals surface area contributed by atoms with Crippen LogP contribution < -0.4 is 10.1 Å². The van der Waals surface area contributed by atoms with E-state index in [4.69, 9.17) is 4.74 Å². The number of hydrogen-bond acceptors (Lipinski definition) is 6. The molecule has 20 heavy (non-hydrogen) atoms. The Morgan fingerprint density at radius 3 is 2.35 bits per heavy atom. The third-order valence-corrected chi connectivity index (χ3v) is 2.59. The van der Waals surface area contributed by atoms with Crippen LogP contribution in [0, 0.1) is 15.5 Å². The van der Waals surface area contributed by atoms with Gasteiger partial charge in [-0.25, -0.2) is 4.98 Å². The molecule has 0 spiro atoms. The van der Waals surface area contributed by atoms with E-state index in [0.29, 0.717) is 0 Å². The lowest BCUT2D eigenvalue weighted by molar-refractivity contribution is -0.385. The Hall–Kier alpha value is -1.92. The molecule has 0 aliphatic carbocycles. The Bertz CT molecular complexity index is 495. The molecular weight excluding hydrogens is 260 g/mol. The van der Waals surface area contributed by atoms with Crippen molar-refractivity contribution in [2.45, 2.75) is 46.6 Å². The zero-order chi connectivity index (χ0) is 15.6. The van der Waals surface area contributed by atoms with Crippen LogP contribution in [0.25, 0.3) is 0 Å². The van der Waals surface area contributed by atoms with Crippen molar-refractivity contribution in [3.63, 3.8) is 0 Å². The molecule has 0 aromatic carbocycles. The predicted octanol–water partition coefficient (Wildman–Crippen LogP) is 3.02. The normalized spacial score (nSPS) is 12.1.